The summed E-state index contributed by atoms with van der Waals surface area (Å²) in [7, 11) is 3.38. The average Bonchev–Trinajstić information content (AvgIpc) is 2.52. The molecule has 1 amide bonds. The first kappa shape index (κ1) is 18.0. The molecule has 0 radical (unpaired) electrons. The molecule has 0 saturated heterocycles. The van der Waals surface area contributed by atoms with Crippen molar-refractivity contribution in [1.82, 2.24) is 9.88 Å². The molecule has 0 spiro atoms. The monoisotopic (exact) mass is 323 g/mol. The van der Waals surface area contributed by atoms with Gasteiger partial charge in [0.25, 0.3) is 0 Å². The van der Waals surface area contributed by atoms with Crippen molar-refractivity contribution in [1.29, 1.82) is 0 Å². The molecule has 0 aliphatic carbocycles. The third-order valence-corrected chi connectivity index (χ3v) is 2.45. The summed E-state index contributed by atoms with van der Waals surface area (Å²) in [6, 6.07) is 6.32. The summed E-state index contributed by atoms with van der Waals surface area (Å²) in [5.41, 5.74) is -0.294. The molecule has 1 heterocycles. The van der Waals surface area contributed by atoms with Crippen molar-refractivity contribution in [2.75, 3.05) is 19.4 Å². The van der Waals surface area contributed by atoms with Gasteiger partial charge in [-0.15, -0.1) is 0 Å². The minimum Gasteiger partial charge on any atom is -0.478 e. The number of pyridine rings is 1. The zero-order valence-corrected chi connectivity index (χ0v) is 12.5. The van der Waals surface area contributed by atoms with Crippen LogP contribution in [0.15, 0.2) is 36.5 Å². The number of aromatic carboxylic acids is 1. The number of carbonyl (C=O) groups excluding carboxylic acids is 1. The van der Waals surface area contributed by atoms with E-state index in [4.69, 9.17) is 5.11 Å². The number of nitrogens with zero attached hydrogens (tertiary/aromatic N) is 2. The van der Waals surface area contributed by atoms with Gasteiger partial charge in [-0.2, -0.15) is 0 Å². The molecular weight excluding hydrogens is 308 g/mol. The van der Waals surface area contributed by atoms with Crippen molar-refractivity contribution in [2.45, 2.75) is 0 Å². The lowest BCUT2D eigenvalue weighted by Gasteiger charge is -2.09. The van der Waals surface area contributed by atoms with Gasteiger partial charge in [0.1, 0.15) is 11.4 Å². The molecule has 2 N–H and O–H groups in total. The number of nitrogens with one attached hydrogen (secondary N) is 1. The van der Waals surface area contributed by atoms with Gasteiger partial charge in [0.15, 0.2) is 11.6 Å². The number of anilines is 2. The van der Waals surface area contributed by atoms with E-state index in [0.29, 0.717) is 0 Å². The second kappa shape index (κ2) is 8.42. The Morgan fingerprint density at radius 1 is 1.26 bits per heavy atom. The quantitative estimate of drug-likeness (QED) is 0.845. The van der Waals surface area contributed by atoms with Gasteiger partial charge in [0, 0.05) is 20.3 Å². The van der Waals surface area contributed by atoms with E-state index in [1.807, 2.05) is 0 Å². The Morgan fingerprint density at radius 3 is 2.48 bits per heavy atom. The zero-order chi connectivity index (χ0) is 17.4. The van der Waals surface area contributed by atoms with E-state index in [0.717, 1.165) is 12.5 Å². The van der Waals surface area contributed by atoms with Crippen molar-refractivity contribution in [2.24, 2.45) is 0 Å². The molecule has 8 heteroatoms. The van der Waals surface area contributed by atoms with Crippen molar-refractivity contribution >= 4 is 23.9 Å². The molecule has 1 aromatic heterocycles. The number of amides is 1. The fourth-order valence-electron chi connectivity index (χ4n) is 1.41. The van der Waals surface area contributed by atoms with Crippen LogP contribution in [0.3, 0.4) is 0 Å². The van der Waals surface area contributed by atoms with E-state index in [1.165, 1.54) is 35.4 Å². The first-order chi connectivity index (χ1) is 10.9. The number of aromatic nitrogens is 1. The topological polar surface area (TPSA) is 82.5 Å². The first-order valence-corrected chi connectivity index (χ1v) is 6.38. The van der Waals surface area contributed by atoms with Crippen LogP contribution in [0.5, 0.6) is 0 Å². The van der Waals surface area contributed by atoms with E-state index < -0.39 is 17.6 Å². The van der Waals surface area contributed by atoms with Crippen molar-refractivity contribution in [3.05, 3.63) is 53.7 Å². The predicted octanol–water partition coefficient (Wildman–Crippen LogP) is 2.51. The van der Waals surface area contributed by atoms with Gasteiger partial charge < -0.3 is 15.3 Å². The molecular formula is C15H15F2N3O3. The van der Waals surface area contributed by atoms with Gasteiger partial charge in [-0.1, -0.05) is 6.07 Å². The summed E-state index contributed by atoms with van der Waals surface area (Å²) in [5.74, 6) is -3.36. The fraction of sp³-hybridized carbons (Fsp3) is 0.133. The highest BCUT2D eigenvalue weighted by Gasteiger charge is 2.13. The van der Waals surface area contributed by atoms with Gasteiger partial charge >= 0.3 is 5.97 Å². The largest absolute Gasteiger partial charge is 0.478 e. The fourth-order valence-corrected chi connectivity index (χ4v) is 1.41. The highest BCUT2D eigenvalue weighted by Crippen LogP contribution is 2.22. The molecule has 0 saturated carbocycles. The van der Waals surface area contributed by atoms with Gasteiger partial charge in [0.2, 0.25) is 6.41 Å². The number of carboxylic acid groups (broad SMARTS) is 1. The van der Waals surface area contributed by atoms with E-state index in [-0.39, 0.29) is 17.1 Å². The Balaban J connectivity index is 0.000000463. The number of carboxylic acids is 1. The number of carbonyl (C=O) groups is 2. The molecule has 2 rings (SSSR count). The molecule has 0 atom stereocenters. The van der Waals surface area contributed by atoms with Crippen LogP contribution >= 0.6 is 0 Å². The molecule has 6 nitrogen and oxygen atoms in total. The van der Waals surface area contributed by atoms with Crippen molar-refractivity contribution in [3.8, 4) is 0 Å². The Morgan fingerprint density at radius 2 is 1.91 bits per heavy atom. The van der Waals surface area contributed by atoms with Crippen molar-refractivity contribution < 1.29 is 23.5 Å². The zero-order valence-electron chi connectivity index (χ0n) is 12.5. The standard InChI is InChI=1S/C12H8F2N2O2.C3H7NO/c13-8-4-1-5-9(10(8)14)16-11-7(12(17)18)3-2-6-15-11;1-4(2)3-5/h1-6H,(H,15,16)(H,17,18);3H,1-2H3. The Hall–Kier alpha value is -3.03. The Labute approximate surface area is 131 Å². The molecule has 23 heavy (non-hydrogen) atoms. The van der Waals surface area contributed by atoms with Gasteiger partial charge in [-0.3, -0.25) is 4.79 Å². The number of benzene rings is 1. The van der Waals surface area contributed by atoms with Crippen LogP contribution in [0.2, 0.25) is 0 Å². The van der Waals surface area contributed by atoms with Gasteiger partial charge in [-0.05, 0) is 24.3 Å². The molecule has 0 unspecified atom stereocenters. The summed E-state index contributed by atoms with van der Waals surface area (Å²) >= 11 is 0. The maximum atomic E-state index is 13.4. The Kier molecular flexibility index (Phi) is 6.60. The lowest BCUT2D eigenvalue weighted by molar-refractivity contribution is -0.115. The number of halogens is 2. The molecule has 1 aromatic carbocycles. The first-order valence-electron chi connectivity index (χ1n) is 6.38. The highest BCUT2D eigenvalue weighted by atomic mass is 19.2. The normalized spacial score (nSPS) is 9.39. The van der Waals surface area contributed by atoms with E-state index in [2.05, 4.69) is 10.3 Å². The summed E-state index contributed by atoms with van der Waals surface area (Å²) in [5, 5.41) is 11.4. The third kappa shape index (κ3) is 5.34. The van der Waals surface area contributed by atoms with Gasteiger partial charge in [-0.25, -0.2) is 18.6 Å². The van der Waals surface area contributed by atoms with Crippen LogP contribution in [0, 0.1) is 11.6 Å². The van der Waals surface area contributed by atoms with Crippen molar-refractivity contribution in [3.63, 3.8) is 0 Å². The minimum atomic E-state index is -1.21. The Bertz CT molecular complexity index is 693. The molecule has 0 fully saturated rings. The van der Waals surface area contributed by atoms with E-state index >= 15 is 0 Å². The summed E-state index contributed by atoms with van der Waals surface area (Å²) in [6.07, 6.45) is 2.10. The predicted molar refractivity (Wildman–Crippen MR) is 80.6 cm³/mol. The molecule has 122 valence electrons. The highest BCUT2D eigenvalue weighted by molar-refractivity contribution is 5.93. The van der Waals surface area contributed by atoms with Crippen LogP contribution < -0.4 is 5.32 Å². The minimum absolute atomic E-state index is 0.0468. The van der Waals surface area contributed by atoms with Crippen LogP contribution in [0.25, 0.3) is 0 Å². The second-order valence-electron chi connectivity index (χ2n) is 4.50. The lowest BCUT2D eigenvalue weighted by Crippen LogP contribution is -2.06. The molecule has 0 bridgehead atoms. The molecule has 0 aliphatic rings. The number of hydrogen-bond acceptors (Lipinski definition) is 4. The SMILES string of the molecule is CN(C)C=O.O=C(O)c1cccnc1Nc1cccc(F)c1F. The smallest absolute Gasteiger partial charge is 0.339 e. The molecule has 2 aromatic rings. The maximum Gasteiger partial charge on any atom is 0.339 e. The maximum absolute atomic E-state index is 13.4. The number of hydrogen-bond donors (Lipinski definition) is 2. The van der Waals surface area contributed by atoms with Crippen LogP contribution in [0.1, 0.15) is 10.4 Å². The summed E-state index contributed by atoms with van der Waals surface area (Å²) in [4.78, 5) is 25.6. The number of rotatable bonds is 4. The second-order valence-corrected chi connectivity index (χ2v) is 4.50. The third-order valence-electron chi connectivity index (χ3n) is 2.45. The van der Waals surface area contributed by atoms with Gasteiger partial charge in [0.05, 0.1) is 5.69 Å². The van der Waals surface area contributed by atoms with Crippen LogP contribution in [-0.4, -0.2) is 41.5 Å². The van der Waals surface area contributed by atoms with Crippen LogP contribution in [0.4, 0.5) is 20.3 Å². The van der Waals surface area contributed by atoms with E-state index in [1.54, 1.807) is 14.1 Å². The average molecular weight is 323 g/mol. The summed E-state index contributed by atoms with van der Waals surface area (Å²) < 4.78 is 26.4. The molecule has 0 aliphatic heterocycles. The summed E-state index contributed by atoms with van der Waals surface area (Å²) in [6.45, 7) is 0. The van der Waals surface area contributed by atoms with Crippen LogP contribution in [-0.2, 0) is 4.79 Å². The van der Waals surface area contributed by atoms with E-state index in [9.17, 15) is 18.4 Å². The lowest BCUT2D eigenvalue weighted by atomic mass is 10.2.